The number of carbonyl (C=O) groups is 3. The van der Waals surface area contributed by atoms with Crippen LogP contribution in [0.4, 0.5) is 10.1 Å². The highest BCUT2D eigenvalue weighted by Crippen LogP contribution is 2.38. The Balaban J connectivity index is 1.37. The first-order chi connectivity index (χ1) is 18.4. The zero-order chi connectivity index (χ0) is 26.8. The molecule has 0 radical (unpaired) electrons. The number of furan rings is 1. The summed E-state index contributed by atoms with van der Waals surface area (Å²) in [7, 11) is 0. The lowest BCUT2D eigenvalue weighted by atomic mass is 9.78. The van der Waals surface area contributed by atoms with Gasteiger partial charge in [-0.25, -0.2) is 9.18 Å². The highest BCUT2D eigenvalue weighted by Gasteiger charge is 2.44. The summed E-state index contributed by atoms with van der Waals surface area (Å²) >= 11 is 0. The Labute approximate surface area is 220 Å². The molecule has 4 N–H and O–H groups in total. The Morgan fingerprint density at radius 2 is 1.79 bits per heavy atom. The molecule has 9 heteroatoms. The number of halogens is 1. The molecule has 1 aromatic heterocycles. The van der Waals surface area contributed by atoms with E-state index in [2.05, 4.69) is 5.32 Å². The van der Waals surface area contributed by atoms with Crippen LogP contribution in [0.15, 0.2) is 59.0 Å². The highest BCUT2D eigenvalue weighted by molar-refractivity contribution is 6.00. The number of aromatic carboxylic acids is 1. The number of nitrogens with one attached hydrogen (secondary N) is 1. The van der Waals surface area contributed by atoms with E-state index < -0.39 is 24.7 Å². The maximum Gasteiger partial charge on any atom is 0.371 e. The van der Waals surface area contributed by atoms with Crippen LogP contribution in [0.5, 0.6) is 0 Å². The van der Waals surface area contributed by atoms with Crippen LogP contribution in [-0.4, -0.2) is 53.1 Å². The Morgan fingerprint density at radius 3 is 2.47 bits per heavy atom. The van der Waals surface area contributed by atoms with Gasteiger partial charge in [0.15, 0.2) is 0 Å². The lowest BCUT2D eigenvalue weighted by Gasteiger charge is -2.35. The van der Waals surface area contributed by atoms with Gasteiger partial charge in [0, 0.05) is 35.5 Å². The normalized spacial score (nSPS) is 24.3. The van der Waals surface area contributed by atoms with Gasteiger partial charge in [-0.15, -0.1) is 0 Å². The van der Waals surface area contributed by atoms with Gasteiger partial charge in [0.25, 0.3) is 0 Å². The van der Waals surface area contributed by atoms with Gasteiger partial charge in [-0.05, 0) is 67.9 Å². The van der Waals surface area contributed by atoms with Gasteiger partial charge in [0.05, 0.1) is 0 Å². The van der Waals surface area contributed by atoms with Crippen molar-refractivity contribution in [2.24, 2.45) is 17.6 Å². The van der Waals surface area contributed by atoms with Crippen molar-refractivity contribution in [1.29, 1.82) is 0 Å². The highest BCUT2D eigenvalue weighted by atomic mass is 19.1. The van der Waals surface area contributed by atoms with Crippen LogP contribution in [0, 0.1) is 11.8 Å². The van der Waals surface area contributed by atoms with Gasteiger partial charge in [-0.3, -0.25) is 9.59 Å². The van der Waals surface area contributed by atoms with Gasteiger partial charge in [-0.2, -0.15) is 0 Å². The standard InChI is InChI=1S/C29H32FN3O5/c30-16-23(31)18-6-8-19(9-7-18)28(35)33-13-12-22(17-4-2-1-3-5-17)26(33)27(34)32-21-10-11-24-20(14-21)15-25(38-24)29(36)37/h1-5,10-11,14-15,18-19,22-23,26H,6-9,12-13,16,31H2,(H,32,34)(H,36,37)/t18?,19?,22-,23?,26+/m1/s1. The van der Waals surface area contributed by atoms with Crippen molar-refractivity contribution >= 4 is 34.4 Å². The van der Waals surface area contributed by atoms with Crippen molar-refractivity contribution in [1.82, 2.24) is 4.90 Å². The fourth-order valence-corrected chi connectivity index (χ4v) is 6.01. The molecule has 1 aliphatic carbocycles. The van der Waals surface area contributed by atoms with E-state index in [1.165, 1.54) is 6.07 Å². The minimum atomic E-state index is -1.17. The number of hydrogen-bond acceptors (Lipinski definition) is 5. The summed E-state index contributed by atoms with van der Waals surface area (Å²) in [5, 5.41) is 12.7. The molecular formula is C29H32FN3O5. The van der Waals surface area contributed by atoms with E-state index >= 15 is 0 Å². The Kier molecular flexibility index (Phi) is 7.46. The smallest absolute Gasteiger partial charge is 0.371 e. The van der Waals surface area contributed by atoms with Crippen LogP contribution < -0.4 is 11.1 Å². The maximum atomic E-state index is 13.7. The molecule has 2 heterocycles. The third-order valence-electron chi connectivity index (χ3n) is 8.08. The minimum absolute atomic E-state index is 0.0350. The summed E-state index contributed by atoms with van der Waals surface area (Å²) in [6.07, 6.45) is 3.36. The van der Waals surface area contributed by atoms with Crippen molar-refractivity contribution in [2.75, 3.05) is 18.5 Å². The molecule has 2 aromatic carbocycles. The second kappa shape index (κ2) is 10.9. The number of fused-ring (bicyclic) bond motifs is 1. The number of carboxylic acid groups (broad SMARTS) is 1. The Morgan fingerprint density at radius 1 is 1.05 bits per heavy atom. The molecule has 1 unspecified atom stereocenters. The van der Waals surface area contributed by atoms with Crippen LogP contribution >= 0.6 is 0 Å². The fraction of sp³-hybridized carbons (Fsp3) is 0.414. The molecule has 0 bridgehead atoms. The summed E-state index contributed by atoms with van der Waals surface area (Å²) in [6.45, 7) is -0.0816. The Bertz CT molecular complexity index is 1320. The predicted molar refractivity (Wildman–Crippen MR) is 141 cm³/mol. The Hall–Kier alpha value is -3.72. The van der Waals surface area contributed by atoms with Crippen LogP contribution in [0.1, 0.15) is 54.1 Å². The molecule has 2 amide bonds. The van der Waals surface area contributed by atoms with Crippen molar-refractivity contribution in [3.8, 4) is 0 Å². The summed E-state index contributed by atoms with van der Waals surface area (Å²) in [5.41, 5.74) is 7.80. The number of amides is 2. The number of carbonyl (C=O) groups excluding carboxylic acids is 2. The minimum Gasteiger partial charge on any atom is -0.475 e. The second-order valence-electron chi connectivity index (χ2n) is 10.4. The number of nitrogens with two attached hydrogens (primary N) is 1. The van der Waals surface area contributed by atoms with Gasteiger partial charge in [0.1, 0.15) is 18.3 Å². The van der Waals surface area contributed by atoms with Crippen LogP contribution in [0.2, 0.25) is 0 Å². The van der Waals surface area contributed by atoms with Crippen molar-refractivity contribution in [3.63, 3.8) is 0 Å². The maximum absolute atomic E-state index is 13.7. The summed E-state index contributed by atoms with van der Waals surface area (Å²) in [5.74, 6) is -1.96. The SMILES string of the molecule is NC(CF)C1CCC(C(=O)N2CC[C@H](c3ccccc3)[C@H]2C(=O)Nc2ccc3oc(C(=O)O)cc3c2)CC1. The molecular weight excluding hydrogens is 489 g/mol. The fourth-order valence-electron chi connectivity index (χ4n) is 6.01. The first-order valence-corrected chi connectivity index (χ1v) is 13.1. The van der Waals surface area contributed by atoms with Crippen molar-refractivity contribution < 1.29 is 28.3 Å². The first-order valence-electron chi connectivity index (χ1n) is 13.1. The predicted octanol–water partition coefficient (Wildman–Crippen LogP) is 4.56. The molecule has 8 nitrogen and oxygen atoms in total. The van der Waals surface area contributed by atoms with E-state index in [1.807, 2.05) is 30.3 Å². The van der Waals surface area contributed by atoms with Crippen LogP contribution in [0.3, 0.4) is 0 Å². The zero-order valence-corrected chi connectivity index (χ0v) is 21.0. The molecule has 2 aliphatic rings. The van der Waals surface area contributed by atoms with Gasteiger partial charge in [-0.1, -0.05) is 30.3 Å². The van der Waals surface area contributed by atoms with Crippen LogP contribution in [-0.2, 0) is 9.59 Å². The van der Waals surface area contributed by atoms with E-state index in [0.29, 0.717) is 55.3 Å². The average molecular weight is 522 g/mol. The lowest BCUT2D eigenvalue weighted by Crippen LogP contribution is -2.48. The van der Waals surface area contributed by atoms with Gasteiger partial charge >= 0.3 is 5.97 Å². The molecule has 38 heavy (non-hydrogen) atoms. The first kappa shape index (κ1) is 25.9. The molecule has 200 valence electrons. The molecule has 5 rings (SSSR count). The molecule has 0 spiro atoms. The number of carboxylic acids is 1. The van der Waals surface area contributed by atoms with Crippen molar-refractivity contribution in [2.45, 2.75) is 50.1 Å². The number of anilines is 1. The van der Waals surface area contributed by atoms with Gasteiger partial charge < -0.3 is 25.5 Å². The number of alkyl halides is 1. The number of likely N-dealkylation sites (tertiary alicyclic amines) is 1. The molecule has 3 aromatic rings. The number of hydrogen-bond donors (Lipinski definition) is 3. The molecule has 1 saturated heterocycles. The summed E-state index contributed by atoms with van der Waals surface area (Å²) < 4.78 is 18.4. The molecule has 3 atom stereocenters. The number of rotatable bonds is 7. The third-order valence-corrected chi connectivity index (χ3v) is 8.08. The van der Waals surface area contributed by atoms with E-state index in [0.717, 1.165) is 5.56 Å². The monoisotopic (exact) mass is 521 g/mol. The molecule has 1 aliphatic heterocycles. The van der Waals surface area contributed by atoms with Gasteiger partial charge in [0.2, 0.25) is 17.6 Å². The van der Waals surface area contributed by atoms with E-state index in [-0.39, 0.29) is 35.3 Å². The number of benzene rings is 2. The van der Waals surface area contributed by atoms with Crippen LogP contribution in [0.25, 0.3) is 11.0 Å². The number of nitrogens with zero attached hydrogens (tertiary/aromatic N) is 1. The topological polar surface area (TPSA) is 126 Å². The summed E-state index contributed by atoms with van der Waals surface area (Å²) in [4.78, 5) is 40.4. The van der Waals surface area contributed by atoms with E-state index in [1.54, 1.807) is 23.1 Å². The van der Waals surface area contributed by atoms with E-state index in [4.69, 9.17) is 10.2 Å². The average Bonchev–Trinajstić information content (AvgIpc) is 3.58. The molecule has 2 fully saturated rings. The van der Waals surface area contributed by atoms with Crippen molar-refractivity contribution in [3.05, 3.63) is 65.9 Å². The zero-order valence-electron chi connectivity index (χ0n) is 21.0. The van der Waals surface area contributed by atoms with E-state index in [9.17, 15) is 23.9 Å². The quantitative estimate of drug-likeness (QED) is 0.419. The lowest BCUT2D eigenvalue weighted by molar-refractivity contribution is -0.141. The third kappa shape index (κ3) is 5.15. The molecule has 1 saturated carbocycles. The largest absolute Gasteiger partial charge is 0.475 e. The summed E-state index contributed by atoms with van der Waals surface area (Å²) in [6, 6.07) is 14.9. The second-order valence-corrected chi connectivity index (χ2v) is 10.4.